The number of allylic oxidation sites excluding steroid dienone is 1. The molecule has 1 aliphatic heterocycles. The van der Waals surface area contributed by atoms with Gasteiger partial charge in [0, 0.05) is 5.92 Å². The van der Waals surface area contributed by atoms with Crippen molar-refractivity contribution in [2.24, 2.45) is 11.3 Å². The van der Waals surface area contributed by atoms with Crippen molar-refractivity contribution in [1.29, 1.82) is 0 Å². The molecule has 1 unspecified atom stereocenters. The number of ketones is 1. The summed E-state index contributed by atoms with van der Waals surface area (Å²) in [4.78, 5) is 11.2. The average molecular weight is 208 g/mol. The fourth-order valence-electron chi connectivity index (χ4n) is 2.98. The van der Waals surface area contributed by atoms with Crippen LogP contribution in [0.3, 0.4) is 0 Å². The van der Waals surface area contributed by atoms with E-state index in [9.17, 15) is 4.79 Å². The molecule has 0 radical (unpaired) electrons. The lowest BCUT2D eigenvalue weighted by Crippen LogP contribution is -2.33. The predicted octanol–water partition coefficient (Wildman–Crippen LogP) is 2.73. The number of Topliss-reactive ketones (excluding diaryl/α,β-unsaturated/α-hetero) is 1. The van der Waals surface area contributed by atoms with Gasteiger partial charge in [-0.2, -0.15) is 0 Å². The molecule has 0 bridgehead atoms. The summed E-state index contributed by atoms with van der Waals surface area (Å²) in [5.41, 5.74) is 1.67. The third-order valence-electron chi connectivity index (χ3n) is 3.84. The molecule has 1 fully saturated rings. The molecule has 2 aliphatic rings. The molecule has 0 saturated carbocycles. The van der Waals surface area contributed by atoms with E-state index in [1.54, 1.807) is 6.92 Å². The summed E-state index contributed by atoms with van der Waals surface area (Å²) in [7, 11) is 0. The molecule has 15 heavy (non-hydrogen) atoms. The molecule has 0 aromatic heterocycles. The smallest absolute Gasteiger partial charge is 0.161 e. The van der Waals surface area contributed by atoms with Crippen LogP contribution in [-0.2, 0) is 9.53 Å². The number of rotatable bonds is 2. The Morgan fingerprint density at radius 3 is 2.67 bits per heavy atom. The van der Waals surface area contributed by atoms with Crippen LogP contribution >= 0.6 is 0 Å². The summed E-state index contributed by atoms with van der Waals surface area (Å²) in [5, 5.41) is 0. The Kier molecular flexibility index (Phi) is 2.50. The third kappa shape index (κ3) is 1.87. The molecular formula is C13H20O2. The van der Waals surface area contributed by atoms with Gasteiger partial charge in [0.1, 0.15) is 6.10 Å². The molecule has 1 aliphatic carbocycles. The van der Waals surface area contributed by atoms with Gasteiger partial charge in [0.15, 0.2) is 5.78 Å². The number of carbonyl (C=O) groups is 1. The summed E-state index contributed by atoms with van der Waals surface area (Å²) in [6.45, 7) is 8.37. The minimum Gasteiger partial charge on any atom is -0.361 e. The molecule has 1 saturated heterocycles. The zero-order chi connectivity index (χ0) is 11.2. The Morgan fingerprint density at radius 1 is 1.53 bits per heavy atom. The molecule has 2 nitrogen and oxygen atoms in total. The Balaban J connectivity index is 2.16. The second kappa shape index (κ2) is 3.44. The van der Waals surface area contributed by atoms with Gasteiger partial charge in [0.05, 0.1) is 6.10 Å². The van der Waals surface area contributed by atoms with Gasteiger partial charge in [-0.05, 0) is 32.1 Å². The molecule has 0 N–H and O–H groups in total. The summed E-state index contributed by atoms with van der Waals surface area (Å²) >= 11 is 0. The van der Waals surface area contributed by atoms with E-state index in [2.05, 4.69) is 26.8 Å². The van der Waals surface area contributed by atoms with Crippen molar-refractivity contribution < 1.29 is 9.53 Å². The van der Waals surface area contributed by atoms with Crippen LogP contribution in [0.1, 0.15) is 40.5 Å². The molecule has 0 aromatic carbocycles. The van der Waals surface area contributed by atoms with E-state index >= 15 is 0 Å². The number of carbonyl (C=O) groups excluding carboxylic acids is 1. The van der Waals surface area contributed by atoms with Crippen LogP contribution in [-0.4, -0.2) is 18.0 Å². The maximum absolute atomic E-state index is 11.2. The summed E-state index contributed by atoms with van der Waals surface area (Å²) in [6.07, 6.45) is 4.67. The van der Waals surface area contributed by atoms with E-state index in [4.69, 9.17) is 4.74 Å². The van der Waals surface area contributed by atoms with Crippen LogP contribution < -0.4 is 0 Å². The first kappa shape index (κ1) is 10.9. The van der Waals surface area contributed by atoms with Gasteiger partial charge in [-0.1, -0.05) is 25.5 Å². The number of ether oxygens (including phenoxy) is 1. The Labute approximate surface area is 91.7 Å². The molecule has 3 atom stereocenters. The second-order valence-corrected chi connectivity index (χ2v) is 5.59. The fourth-order valence-corrected chi connectivity index (χ4v) is 2.98. The highest BCUT2D eigenvalue weighted by Gasteiger charge is 2.53. The Bertz CT molecular complexity index is 314. The van der Waals surface area contributed by atoms with Crippen molar-refractivity contribution in [2.75, 3.05) is 0 Å². The van der Waals surface area contributed by atoms with Gasteiger partial charge in [0.25, 0.3) is 0 Å². The van der Waals surface area contributed by atoms with Gasteiger partial charge in [-0.25, -0.2) is 0 Å². The molecule has 84 valence electrons. The second-order valence-electron chi connectivity index (χ2n) is 5.59. The van der Waals surface area contributed by atoms with E-state index in [0.29, 0.717) is 5.92 Å². The Hall–Kier alpha value is -0.630. The fraction of sp³-hybridized carbons (Fsp3) is 0.769. The van der Waals surface area contributed by atoms with Gasteiger partial charge in [-0.3, -0.25) is 4.79 Å². The van der Waals surface area contributed by atoms with Crippen LogP contribution in [0.4, 0.5) is 0 Å². The maximum atomic E-state index is 11.2. The van der Waals surface area contributed by atoms with Gasteiger partial charge >= 0.3 is 0 Å². The number of epoxide rings is 1. The lowest BCUT2D eigenvalue weighted by molar-refractivity contribution is -0.118. The highest BCUT2D eigenvalue weighted by molar-refractivity contribution is 5.83. The lowest BCUT2D eigenvalue weighted by Gasteiger charge is -2.37. The minimum atomic E-state index is -0.129. The standard InChI is InChI=1S/C13H20O2/c1-8-6-5-7-13(3,4)10(8)12-11(15-12)9(2)14/h6,10-12H,5,7H2,1-4H3/t10?,11-,12-/m1/s1. The first-order valence-electron chi connectivity index (χ1n) is 5.76. The van der Waals surface area contributed by atoms with Crippen molar-refractivity contribution in [3.63, 3.8) is 0 Å². The van der Waals surface area contributed by atoms with E-state index in [0.717, 1.165) is 6.42 Å². The van der Waals surface area contributed by atoms with E-state index < -0.39 is 0 Å². The highest BCUT2D eigenvalue weighted by atomic mass is 16.6. The normalized spacial score (nSPS) is 38.4. The number of hydrogen-bond acceptors (Lipinski definition) is 2. The first-order chi connectivity index (χ1) is 6.93. The SMILES string of the molecule is CC(=O)[C@H]1O[C@@H]1C1C(C)=CCCC1(C)C. The van der Waals surface area contributed by atoms with Crippen molar-refractivity contribution in [3.05, 3.63) is 11.6 Å². The molecule has 2 heteroatoms. The molecule has 0 spiro atoms. The number of hydrogen-bond donors (Lipinski definition) is 0. The van der Waals surface area contributed by atoms with Gasteiger partial charge in [-0.15, -0.1) is 0 Å². The zero-order valence-electron chi connectivity index (χ0n) is 10.0. The predicted molar refractivity (Wildman–Crippen MR) is 59.6 cm³/mol. The molecule has 0 amide bonds. The van der Waals surface area contributed by atoms with E-state index in [-0.39, 0.29) is 23.4 Å². The molecule has 1 heterocycles. The lowest BCUT2D eigenvalue weighted by atomic mass is 9.66. The van der Waals surface area contributed by atoms with Gasteiger partial charge < -0.3 is 4.74 Å². The van der Waals surface area contributed by atoms with Crippen LogP contribution in [0.5, 0.6) is 0 Å². The molecule has 0 aromatic rings. The molecule has 2 rings (SSSR count). The zero-order valence-corrected chi connectivity index (χ0v) is 10.0. The average Bonchev–Trinajstić information content (AvgIpc) is 2.81. The minimum absolute atomic E-state index is 0.129. The van der Waals surface area contributed by atoms with Crippen LogP contribution in [0.2, 0.25) is 0 Å². The van der Waals surface area contributed by atoms with Crippen molar-refractivity contribution >= 4 is 5.78 Å². The first-order valence-corrected chi connectivity index (χ1v) is 5.76. The summed E-state index contributed by atoms with van der Waals surface area (Å²) in [5.74, 6) is 0.606. The van der Waals surface area contributed by atoms with Gasteiger partial charge in [0.2, 0.25) is 0 Å². The molecular weight excluding hydrogens is 188 g/mol. The Morgan fingerprint density at radius 2 is 2.20 bits per heavy atom. The summed E-state index contributed by atoms with van der Waals surface area (Å²) in [6, 6.07) is 0. The highest BCUT2D eigenvalue weighted by Crippen LogP contribution is 2.49. The topological polar surface area (TPSA) is 29.6 Å². The van der Waals surface area contributed by atoms with Crippen LogP contribution in [0, 0.1) is 11.3 Å². The third-order valence-corrected chi connectivity index (χ3v) is 3.84. The monoisotopic (exact) mass is 208 g/mol. The largest absolute Gasteiger partial charge is 0.361 e. The summed E-state index contributed by atoms with van der Waals surface area (Å²) < 4.78 is 5.53. The van der Waals surface area contributed by atoms with Crippen molar-refractivity contribution in [1.82, 2.24) is 0 Å². The quantitative estimate of drug-likeness (QED) is 0.516. The van der Waals surface area contributed by atoms with Crippen LogP contribution in [0.25, 0.3) is 0 Å². The van der Waals surface area contributed by atoms with E-state index in [1.807, 2.05) is 0 Å². The maximum Gasteiger partial charge on any atom is 0.161 e. The van der Waals surface area contributed by atoms with Crippen LogP contribution in [0.15, 0.2) is 11.6 Å². The van der Waals surface area contributed by atoms with Crippen molar-refractivity contribution in [2.45, 2.75) is 52.7 Å². The van der Waals surface area contributed by atoms with Crippen molar-refractivity contribution in [3.8, 4) is 0 Å². The van der Waals surface area contributed by atoms with E-state index in [1.165, 1.54) is 12.0 Å².